The summed E-state index contributed by atoms with van der Waals surface area (Å²) in [6, 6.07) is 19.8. The number of hydrogen-bond acceptors (Lipinski definition) is 5. The minimum atomic E-state index is -3.97. The third-order valence-corrected chi connectivity index (χ3v) is 7.71. The van der Waals surface area contributed by atoms with Crippen molar-refractivity contribution in [2.45, 2.75) is 24.3 Å². The van der Waals surface area contributed by atoms with Gasteiger partial charge in [0.1, 0.15) is 0 Å². The number of hydrazone groups is 1. The number of sulfonamides is 2. The molecule has 0 fully saturated rings. The van der Waals surface area contributed by atoms with Gasteiger partial charge in [-0.1, -0.05) is 53.6 Å². The van der Waals surface area contributed by atoms with Crippen molar-refractivity contribution in [1.29, 1.82) is 0 Å². The Hall–Kier alpha value is -2.88. The number of aryl methyl sites for hydroxylation is 1. The van der Waals surface area contributed by atoms with E-state index in [0.717, 1.165) is 21.8 Å². The van der Waals surface area contributed by atoms with E-state index in [-0.39, 0.29) is 4.90 Å². The summed E-state index contributed by atoms with van der Waals surface area (Å²) in [4.78, 5) is 0.0852. The van der Waals surface area contributed by atoms with Crippen molar-refractivity contribution in [3.63, 3.8) is 0 Å². The largest absolute Gasteiger partial charge is 0.284 e. The van der Waals surface area contributed by atoms with Gasteiger partial charge in [0.25, 0.3) is 10.0 Å². The van der Waals surface area contributed by atoms with E-state index < -0.39 is 26.1 Å². The smallest absolute Gasteiger partial charge is 0.279 e. The Balaban J connectivity index is 1.79. The number of hydrogen-bond donors (Lipinski definition) is 1. The number of nitrogens with zero attached hydrogens (tertiary/aromatic N) is 2. The summed E-state index contributed by atoms with van der Waals surface area (Å²) >= 11 is 5.94. The van der Waals surface area contributed by atoms with Crippen LogP contribution in [0, 0.1) is 6.92 Å². The molecule has 1 aliphatic heterocycles. The van der Waals surface area contributed by atoms with Gasteiger partial charge in [-0.2, -0.15) is 17.9 Å². The molecule has 1 aliphatic rings. The van der Waals surface area contributed by atoms with Crippen molar-refractivity contribution in [2.24, 2.45) is 5.10 Å². The van der Waals surface area contributed by atoms with Gasteiger partial charge in [-0.05, 0) is 54.4 Å². The average molecular weight is 504 g/mol. The number of anilines is 1. The zero-order chi connectivity index (χ0) is 23.8. The molecule has 0 radical (unpaired) electrons. The Labute approximate surface area is 198 Å². The minimum Gasteiger partial charge on any atom is -0.284 e. The molecule has 4 rings (SSSR count). The van der Waals surface area contributed by atoms with E-state index in [0.29, 0.717) is 28.4 Å². The molecule has 3 aromatic carbocycles. The van der Waals surface area contributed by atoms with Crippen molar-refractivity contribution in [1.82, 2.24) is 4.41 Å². The zero-order valence-electron chi connectivity index (χ0n) is 17.9. The SMILES string of the molecule is Cc1cccc([C@@H]2CC(c3cccc(NS(C)(=O)=O)c3)=NN2S(=O)(=O)c2ccc(Cl)cc2)c1. The molecule has 1 atom stereocenters. The molecular weight excluding hydrogens is 482 g/mol. The number of benzene rings is 3. The average Bonchev–Trinajstić information content (AvgIpc) is 3.20. The monoisotopic (exact) mass is 503 g/mol. The van der Waals surface area contributed by atoms with Gasteiger partial charge < -0.3 is 0 Å². The van der Waals surface area contributed by atoms with Crippen LogP contribution >= 0.6 is 11.6 Å². The quantitative estimate of drug-likeness (QED) is 0.533. The van der Waals surface area contributed by atoms with Gasteiger partial charge in [-0.15, -0.1) is 0 Å². The third kappa shape index (κ3) is 5.21. The molecule has 7 nitrogen and oxygen atoms in total. The normalized spacial score (nSPS) is 16.5. The molecule has 0 bridgehead atoms. The second kappa shape index (κ2) is 8.81. The first kappa shape index (κ1) is 23.3. The molecule has 3 aromatic rings. The van der Waals surface area contributed by atoms with Gasteiger partial charge in [-0.3, -0.25) is 4.72 Å². The molecule has 1 N–H and O–H groups in total. The van der Waals surface area contributed by atoms with Crippen LogP contribution in [0.3, 0.4) is 0 Å². The standard InChI is InChI=1S/C23H22ClN3O4S2/c1-16-5-3-7-18(13-16)23-15-22(17-6-4-8-20(14-17)26-32(2,28)29)25-27(23)33(30,31)21-11-9-19(24)10-12-21/h3-14,23,26H,15H2,1-2H3/t23-/m0/s1. The predicted molar refractivity (Wildman–Crippen MR) is 130 cm³/mol. The van der Waals surface area contributed by atoms with E-state index in [1.165, 1.54) is 24.3 Å². The maximum absolute atomic E-state index is 13.5. The summed E-state index contributed by atoms with van der Waals surface area (Å²) in [5.41, 5.74) is 3.37. The van der Waals surface area contributed by atoms with E-state index in [4.69, 9.17) is 11.6 Å². The minimum absolute atomic E-state index is 0.0852. The summed E-state index contributed by atoms with van der Waals surface area (Å²) in [5, 5.41) is 4.94. The Morgan fingerprint density at radius 3 is 2.33 bits per heavy atom. The van der Waals surface area contributed by atoms with Crippen LogP contribution in [-0.4, -0.2) is 33.2 Å². The van der Waals surface area contributed by atoms with E-state index >= 15 is 0 Å². The summed E-state index contributed by atoms with van der Waals surface area (Å²) in [6.07, 6.45) is 1.40. The molecule has 0 saturated heterocycles. The van der Waals surface area contributed by atoms with Crippen molar-refractivity contribution in [2.75, 3.05) is 11.0 Å². The van der Waals surface area contributed by atoms with Crippen LogP contribution in [0.4, 0.5) is 5.69 Å². The first-order chi connectivity index (χ1) is 15.5. The van der Waals surface area contributed by atoms with E-state index in [9.17, 15) is 16.8 Å². The highest BCUT2D eigenvalue weighted by Gasteiger charge is 2.37. The topological polar surface area (TPSA) is 95.9 Å². The number of halogens is 1. The molecule has 0 unspecified atom stereocenters. The predicted octanol–water partition coefficient (Wildman–Crippen LogP) is 4.56. The fourth-order valence-corrected chi connectivity index (χ4v) is 5.82. The second-order valence-corrected chi connectivity index (χ2v) is 11.8. The molecular formula is C23H22ClN3O4S2. The molecule has 172 valence electrons. The van der Waals surface area contributed by atoms with E-state index in [1.54, 1.807) is 24.3 Å². The van der Waals surface area contributed by atoms with Crippen LogP contribution < -0.4 is 4.72 Å². The maximum Gasteiger partial charge on any atom is 0.279 e. The first-order valence-electron chi connectivity index (χ1n) is 10.1. The summed E-state index contributed by atoms with van der Waals surface area (Å²) < 4.78 is 53.9. The number of nitrogens with one attached hydrogen (secondary N) is 1. The van der Waals surface area contributed by atoms with Crippen molar-refractivity contribution >= 4 is 43.0 Å². The Kier molecular flexibility index (Phi) is 6.22. The molecule has 33 heavy (non-hydrogen) atoms. The lowest BCUT2D eigenvalue weighted by Crippen LogP contribution is -2.27. The van der Waals surface area contributed by atoms with Crippen LogP contribution in [0.15, 0.2) is 82.8 Å². The molecule has 1 heterocycles. The third-order valence-electron chi connectivity index (χ3n) is 5.16. The summed E-state index contributed by atoms with van der Waals surface area (Å²) in [7, 11) is -7.43. The van der Waals surface area contributed by atoms with E-state index in [2.05, 4.69) is 9.82 Å². The molecule has 0 saturated carbocycles. The van der Waals surface area contributed by atoms with Crippen LogP contribution in [0.25, 0.3) is 0 Å². The van der Waals surface area contributed by atoms with E-state index in [1.807, 2.05) is 31.2 Å². The lowest BCUT2D eigenvalue weighted by atomic mass is 9.98. The van der Waals surface area contributed by atoms with Crippen LogP contribution in [-0.2, 0) is 20.0 Å². The van der Waals surface area contributed by atoms with Gasteiger partial charge in [0.05, 0.1) is 22.9 Å². The van der Waals surface area contributed by atoms with Crippen LogP contribution in [0.1, 0.15) is 29.2 Å². The number of rotatable bonds is 6. The molecule has 0 spiro atoms. The maximum atomic E-state index is 13.5. The second-order valence-electron chi connectivity index (χ2n) is 7.87. The molecule has 0 amide bonds. The zero-order valence-corrected chi connectivity index (χ0v) is 20.3. The van der Waals surface area contributed by atoms with Crippen LogP contribution in [0.5, 0.6) is 0 Å². The highest BCUT2D eigenvalue weighted by Crippen LogP contribution is 2.37. The summed E-state index contributed by atoms with van der Waals surface area (Å²) in [5.74, 6) is 0. The Bertz CT molecular complexity index is 1440. The summed E-state index contributed by atoms with van der Waals surface area (Å²) in [6.45, 7) is 1.94. The van der Waals surface area contributed by atoms with Gasteiger partial charge in [0.2, 0.25) is 10.0 Å². The fourth-order valence-electron chi connectivity index (χ4n) is 3.70. The van der Waals surface area contributed by atoms with Gasteiger partial charge in [0, 0.05) is 17.1 Å². The molecule has 10 heteroatoms. The van der Waals surface area contributed by atoms with Gasteiger partial charge in [0.15, 0.2) is 0 Å². The first-order valence-corrected chi connectivity index (χ1v) is 13.8. The fraction of sp³-hybridized carbons (Fsp3) is 0.174. The highest BCUT2D eigenvalue weighted by molar-refractivity contribution is 7.92. The molecule has 0 aromatic heterocycles. The Morgan fingerprint density at radius 1 is 0.970 bits per heavy atom. The lowest BCUT2D eigenvalue weighted by Gasteiger charge is -2.23. The highest BCUT2D eigenvalue weighted by atomic mass is 35.5. The van der Waals surface area contributed by atoms with Crippen LogP contribution in [0.2, 0.25) is 5.02 Å². The molecule has 0 aliphatic carbocycles. The van der Waals surface area contributed by atoms with Gasteiger partial charge in [-0.25, -0.2) is 8.42 Å². The van der Waals surface area contributed by atoms with Gasteiger partial charge >= 0.3 is 0 Å². The van der Waals surface area contributed by atoms with Crippen molar-refractivity contribution in [3.05, 3.63) is 94.5 Å². The Morgan fingerprint density at radius 2 is 1.67 bits per heavy atom. The van der Waals surface area contributed by atoms with Crippen molar-refractivity contribution in [3.8, 4) is 0 Å². The van der Waals surface area contributed by atoms with Crippen molar-refractivity contribution < 1.29 is 16.8 Å². The lowest BCUT2D eigenvalue weighted by molar-refractivity contribution is 0.371.